The maximum Gasteiger partial charge on any atom is 0.270 e. The number of carbonyl (C=O) groups excluding carboxylic acids is 1. The Bertz CT molecular complexity index is 1230. The predicted molar refractivity (Wildman–Crippen MR) is 130 cm³/mol. The zero-order valence-corrected chi connectivity index (χ0v) is 18.0. The zero-order chi connectivity index (χ0) is 22.8. The summed E-state index contributed by atoms with van der Waals surface area (Å²) in [4.78, 5) is 23.9. The number of amides is 1. The molecule has 166 valence electrons. The molecule has 3 aromatic rings. The number of non-ortho nitro benzene ring substituents is 1. The van der Waals surface area contributed by atoms with Crippen molar-refractivity contribution in [1.29, 1.82) is 0 Å². The van der Waals surface area contributed by atoms with Gasteiger partial charge in [-0.1, -0.05) is 42.5 Å². The van der Waals surface area contributed by atoms with Gasteiger partial charge in [0.15, 0.2) is 0 Å². The standard InChI is InChI=1S/C26H24N4O3/c31-26-24(22-16-21(30(32)33)12-13-23(22)29-26)25(18-5-2-1-3-6-18)28-19-10-8-17(9-11-19)15-20-7-4-14-27-20/h1-3,5-6,8-13,16,20,27-28H,4,7,14-15H2,(H,29,31)/b25-24-. The Labute approximate surface area is 191 Å². The van der Waals surface area contributed by atoms with Crippen LogP contribution in [0.25, 0.3) is 11.3 Å². The SMILES string of the molecule is O=C1Nc2ccc([N+](=O)[O-])cc2/C1=C(/Nc1ccc(CC2CCCN2)cc1)c1ccccc1. The number of nitro groups is 1. The molecule has 7 nitrogen and oxygen atoms in total. The van der Waals surface area contributed by atoms with Crippen LogP contribution in [0.5, 0.6) is 0 Å². The average molecular weight is 441 g/mol. The number of benzene rings is 3. The highest BCUT2D eigenvalue weighted by atomic mass is 16.6. The van der Waals surface area contributed by atoms with Crippen LogP contribution in [0, 0.1) is 10.1 Å². The van der Waals surface area contributed by atoms with Crippen molar-refractivity contribution in [1.82, 2.24) is 5.32 Å². The van der Waals surface area contributed by atoms with E-state index in [0.717, 1.165) is 24.2 Å². The van der Waals surface area contributed by atoms with E-state index in [9.17, 15) is 14.9 Å². The summed E-state index contributed by atoms with van der Waals surface area (Å²) < 4.78 is 0. The summed E-state index contributed by atoms with van der Waals surface area (Å²) in [7, 11) is 0. The van der Waals surface area contributed by atoms with Gasteiger partial charge in [0.2, 0.25) is 0 Å². The van der Waals surface area contributed by atoms with E-state index in [1.54, 1.807) is 6.07 Å². The second kappa shape index (κ2) is 8.88. The Morgan fingerprint density at radius 3 is 2.55 bits per heavy atom. The predicted octanol–water partition coefficient (Wildman–Crippen LogP) is 4.82. The number of nitrogens with zero attached hydrogens (tertiary/aromatic N) is 1. The third kappa shape index (κ3) is 4.36. The van der Waals surface area contributed by atoms with E-state index in [0.29, 0.717) is 28.6 Å². The first kappa shape index (κ1) is 20.9. The fraction of sp³-hybridized carbons (Fsp3) is 0.192. The number of fused-ring (bicyclic) bond motifs is 1. The molecule has 1 atom stereocenters. The van der Waals surface area contributed by atoms with Gasteiger partial charge in [0, 0.05) is 35.1 Å². The van der Waals surface area contributed by atoms with Gasteiger partial charge < -0.3 is 16.0 Å². The summed E-state index contributed by atoms with van der Waals surface area (Å²) in [6.45, 7) is 1.08. The quantitative estimate of drug-likeness (QED) is 0.290. The summed E-state index contributed by atoms with van der Waals surface area (Å²) in [5.41, 5.74) is 4.95. The second-order valence-electron chi connectivity index (χ2n) is 8.38. The Morgan fingerprint density at radius 2 is 1.85 bits per heavy atom. The highest BCUT2D eigenvalue weighted by Gasteiger charge is 2.30. The molecular formula is C26H24N4O3. The Morgan fingerprint density at radius 1 is 1.06 bits per heavy atom. The van der Waals surface area contributed by atoms with Gasteiger partial charge in [-0.15, -0.1) is 0 Å². The molecule has 33 heavy (non-hydrogen) atoms. The lowest BCUT2D eigenvalue weighted by atomic mass is 9.99. The minimum atomic E-state index is -0.450. The maximum atomic E-state index is 13.0. The number of nitrogens with one attached hydrogen (secondary N) is 3. The summed E-state index contributed by atoms with van der Waals surface area (Å²) >= 11 is 0. The Kier molecular flexibility index (Phi) is 5.62. The van der Waals surface area contributed by atoms with Crippen molar-refractivity contribution < 1.29 is 9.72 Å². The first-order valence-corrected chi connectivity index (χ1v) is 11.1. The molecule has 0 radical (unpaired) electrons. The van der Waals surface area contributed by atoms with Gasteiger partial charge in [-0.05, 0) is 55.1 Å². The monoisotopic (exact) mass is 440 g/mol. The van der Waals surface area contributed by atoms with Crippen LogP contribution in [-0.4, -0.2) is 23.4 Å². The van der Waals surface area contributed by atoms with Gasteiger partial charge in [0.05, 0.1) is 16.2 Å². The third-order valence-electron chi connectivity index (χ3n) is 6.14. The molecule has 2 aliphatic rings. The van der Waals surface area contributed by atoms with Gasteiger partial charge in [-0.25, -0.2) is 0 Å². The summed E-state index contributed by atoms with van der Waals surface area (Å²) in [5.74, 6) is -0.291. The fourth-order valence-corrected chi connectivity index (χ4v) is 4.48. The van der Waals surface area contributed by atoms with E-state index in [-0.39, 0.29) is 11.6 Å². The molecule has 3 aromatic carbocycles. The molecule has 5 rings (SSSR count). The highest BCUT2D eigenvalue weighted by molar-refractivity contribution is 6.37. The lowest BCUT2D eigenvalue weighted by molar-refractivity contribution is -0.384. The third-order valence-corrected chi connectivity index (χ3v) is 6.14. The van der Waals surface area contributed by atoms with Gasteiger partial charge in [0.1, 0.15) is 0 Å². The Balaban J connectivity index is 1.53. The van der Waals surface area contributed by atoms with E-state index in [1.807, 2.05) is 42.5 Å². The van der Waals surface area contributed by atoms with E-state index in [1.165, 1.54) is 30.5 Å². The molecule has 2 aliphatic heterocycles. The number of nitro benzene ring substituents is 1. The molecule has 1 amide bonds. The number of anilines is 2. The van der Waals surface area contributed by atoms with Crippen molar-refractivity contribution in [3.63, 3.8) is 0 Å². The van der Waals surface area contributed by atoms with Gasteiger partial charge in [0.25, 0.3) is 11.6 Å². The maximum absolute atomic E-state index is 13.0. The molecule has 0 aromatic heterocycles. The molecule has 0 saturated carbocycles. The molecule has 7 heteroatoms. The molecule has 1 unspecified atom stereocenters. The lowest BCUT2D eigenvalue weighted by Gasteiger charge is -2.16. The number of rotatable bonds is 6. The highest BCUT2D eigenvalue weighted by Crippen LogP contribution is 2.39. The van der Waals surface area contributed by atoms with Crippen molar-refractivity contribution >= 4 is 34.2 Å². The largest absolute Gasteiger partial charge is 0.354 e. The smallest absolute Gasteiger partial charge is 0.270 e. The summed E-state index contributed by atoms with van der Waals surface area (Å²) in [5, 5.41) is 21.1. The normalized spacial score (nSPS) is 18.5. The summed E-state index contributed by atoms with van der Waals surface area (Å²) in [6.07, 6.45) is 3.41. The van der Waals surface area contributed by atoms with Crippen molar-refractivity contribution in [3.05, 3.63) is 99.6 Å². The molecule has 2 heterocycles. The van der Waals surface area contributed by atoms with Crippen LogP contribution in [0.4, 0.5) is 17.1 Å². The second-order valence-corrected chi connectivity index (χ2v) is 8.38. The topological polar surface area (TPSA) is 96.3 Å². The first-order chi connectivity index (χ1) is 16.1. The van der Waals surface area contributed by atoms with E-state index >= 15 is 0 Å². The molecule has 1 saturated heterocycles. The van der Waals surface area contributed by atoms with Gasteiger partial charge in [-0.3, -0.25) is 14.9 Å². The number of hydrogen-bond acceptors (Lipinski definition) is 5. The van der Waals surface area contributed by atoms with Crippen LogP contribution >= 0.6 is 0 Å². The van der Waals surface area contributed by atoms with Crippen LogP contribution in [0.2, 0.25) is 0 Å². The van der Waals surface area contributed by atoms with Gasteiger partial charge >= 0.3 is 0 Å². The van der Waals surface area contributed by atoms with Crippen molar-refractivity contribution in [2.45, 2.75) is 25.3 Å². The molecule has 0 aliphatic carbocycles. The fourth-order valence-electron chi connectivity index (χ4n) is 4.48. The molecule has 3 N–H and O–H groups in total. The minimum absolute atomic E-state index is 0.0555. The van der Waals surface area contributed by atoms with Crippen LogP contribution < -0.4 is 16.0 Å². The van der Waals surface area contributed by atoms with Crippen molar-refractivity contribution in [2.24, 2.45) is 0 Å². The van der Waals surface area contributed by atoms with Crippen LogP contribution in [-0.2, 0) is 11.2 Å². The van der Waals surface area contributed by atoms with E-state index in [2.05, 4.69) is 28.1 Å². The van der Waals surface area contributed by atoms with E-state index in [4.69, 9.17) is 0 Å². The van der Waals surface area contributed by atoms with Gasteiger partial charge in [-0.2, -0.15) is 0 Å². The summed E-state index contributed by atoms with van der Waals surface area (Å²) in [6, 6.07) is 22.7. The van der Waals surface area contributed by atoms with E-state index < -0.39 is 4.92 Å². The molecule has 0 bridgehead atoms. The first-order valence-electron chi connectivity index (χ1n) is 11.1. The van der Waals surface area contributed by atoms with Crippen molar-refractivity contribution in [3.8, 4) is 0 Å². The number of hydrogen-bond donors (Lipinski definition) is 3. The van der Waals surface area contributed by atoms with Crippen LogP contribution in [0.1, 0.15) is 29.5 Å². The van der Waals surface area contributed by atoms with Crippen molar-refractivity contribution in [2.75, 3.05) is 17.2 Å². The lowest BCUT2D eigenvalue weighted by Crippen LogP contribution is -2.23. The van der Waals surface area contributed by atoms with Crippen LogP contribution in [0.15, 0.2) is 72.8 Å². The number of carbonyl (C=O) groups is 1. The minimum Gasteiger partial charge on any atom is -0.354 e. The average Bonchev–Trinajstić information content (AvgIpc) is 3.45. The zero-order valence-electron chi connectivity index (χ0n) is 18.0. The molecular weight excluding hydrogens is 416 g/mol. The van der Waals surface area contributed by atoms with Crippen LogP contribution in [0.3, 0.4) is 0 Å². The Hall–Kier alpha value is -3.97. The molecule has 1 fully saturated rings. The molecule has 0 spiro atoms.